The lowest BCUT2D eigenvalue weighted by Gasteiger charge is -2.44. The molecular formula is C18H24N+. The highest BCUT2D eigenvalue weighted by Gasteiger charge is 2.39. The summed E-state index contributed by atoms with van der Waals surface area (Å²) in [6, 6.07) is 21.6. The Kier molecular flexibility index (Phi) is 3.77. The number of nitrogens with zero attached hydrogens (tertiary/aromatic N) is 1. The molecule has 0 unspecified atom stereocenters. The van der Waals surface area contributed by atoms with Crippen LogP contribution >= 0.6 is 0 Å². The van der Waals surface area contributed by atoms with Gasteiger partial charge in [-0.3, -0.25) is 0 Å². The molecule has 0 aromatic heterocycles. The first-order chi connectivity index (χ1) is 8.93. The minimum atomic E-state index is 0.0720. The summed E-state index contributed by atoms with van der Waals surface area (Å²) in [6.45, 7) is 2.36. The number of benzene rings is 2. The van der Waals surface area contributed by atoms with Crippen molar-refractivity contribution in [3.8, 4) is 0 Å². The van der Waals surface area contributed by atoms with E-state index >= 15 is 0 Å². The number of likely N-dealkylation sites (N-methyl/N-ethyl adjacent to an activating group) is 1. The molecule has 0 bridgehead atoms. The van der Waals surface area contributed by atoms with E-state index in [1.54, 1.807) is 0 Å². The summed E-state index contributed by atoms with van der Waals surface area (Å²) in [5.74, 6) is 0. The van der Waals surface area contributed by atoms with Crippen molar-refractivity contribution in [2.75, 3.05) is 21.1 Å². The van der Waals surface area contributed by atoms with E-state index < -0.39 is 0 Å². The summed E-state index contributed by atoms with van der Waals surface area (Å²) in [5, 5.41) is 0. The van der Waals surface area contributed by atoms with Gasteiger partial charge in [-0.1, -0.05) is 60.7 Å². The van der Waals surface area contributed by atoms with E-state index in [-0.39, 0.29) is 5.54 Å². The molecule has 0 radical (unpaired) electrons. The van der Waals surface area contributed by atoms with Crippen molar-refractivity contribution in [2.45, 2.75) is 18.9 Å². The quantitative estimate of drug-likeness (QED) is 0.727. The maximum absolute atomic E-state index is 2.36. The Morgan fingerprint density at radius 1 is 0.789 bits per heavy atom. The van der Waals surface area contributed by atoms with E-state index in [9.17, 15) is 0 Å². The van der Waals surface area contributed by atoms with Gasteiger partial charge in [0.05, 0.1) is 21.1 Å². The van der Waals surface area contributed by atoms with Crippen LogP contribution in [0.5, 0.6) is 0 Å². The predicted octanol–water partition coefficient (Wildman–Crippen LogP) is 3.85. The summed E-state index contributed by atoms with van der Waals surface area (Å²) in [7, 11) is 6.82. The van der Waals surface area contributed by atoms with Crippen LogP contribution < -0.4 is 0 Å². The van der Waals surface area contributed by atoms with Gasteiger partial charge in [0.15, 0.2) is 0 Å². The van der Waals surface area contributed by atoms with E-state index in [1.165, 1.54) is 11.1 Å². The second kappa shape index (κ2) is 5.18. The van der Waals surface area contributed by atoms with E-state index in [2.05, 4.69) is 88.7 Å². The highest BCUT2D eigenvalue weighted by Crippen LogP contribution is 2.34. The standard InChI is InChI=1S/C18H24N/c1-18(19(2,3)4,17-13-9-6-10-14-17)15-16-11-7-5-8-12-16/h5-14H,15H2,1-4H3/q+1/t18-/m1/s1. The highest BCUT2D eigenvalue weighted by atomic mass is 15.3. The Labute approximate surface area is 117 Å². The topological polar surface area (TPSA) is 0 Å². The largest absolute Gasteiger partial charge is 0.322 e. The van der Waals surface area contributed by atoms with Gasteiger partial charge in [-0.2, -0.15) is 0 Å². The van der Waals surface area contributed by atoms with Crippen LogP contribution in [0.4, 0.5) is 0 Å². The van der Waals surface area contributed by atoms with Crippen LogP contribution in [0.3, 0.4) is 0 Å². The molecule has 0 aliphatic rings. The van der Waals surface area contributed by atoms with Crippen molar-refractivity contribution in [3.63, 3.8) is 0 Å². The average Bonchev–Trinajstić information content (AvgIpc) is 2.39. The predicted molar refractivity (Wildman–Crippen MR) is 82.0 cm³/mol. The van der Waals surface area contributed by atoms with E-state index in [0.717, 1.165) is 10.9 Å². The zero-order chi connectivity index (χ0) is 13.9. The lowest BCUT2D eigenvalue weighted by Crippen LogP contribution is -2.54. The van der Waals surface area contributed by atoms with E-state index in [4.69, 9.17) is 0 Å². The monoisotopic (exact) mass is 254 g/mol. The van der Waals surface area contributed by atoms with Crippen LogP contribution in [0.2, 0.25) is 0 Å². The van der Waals surface area contributed by atoms with Gasteiger partial charge in [0, 0.05) is 12.0 Å². The van der Waals surface area contributed by atoms with Crippen molar-refractivity contribution in [1.29, 1.82) is 0 Å². The van der Waals surface area contributed by atoms with Gasteiger partial charge in [-0.05, 0) is 12.5 Å². The smallest absolute Gasteiger partial charge is 0.125 e. The molecule has 1 nitrogen and oxygen atoms in total. The molecule has 2 aromatic carbocycles. The third kappa shape index (κ3) is 2.87. The minimum Gasteiger partial charge on any atom is -0.322 e. The second-order valence-electron chi connectivity index (χ2n) is 6.31. The summed E-state index contributed by atoms with van der Waals surface area (Å²) in [4.78, 5) is 0. The lowest BCUT2D eigenvalue weighted by atomic mass is 9.83. The summed E-state index contributed by atoms with van der Waals surface area (Å²) in [5.41, 5.74) is 2.86. The third-order valence-corrected chi connectivity index (χ3v) is 4.27. The fraction of sp³-hybridized carbons (Fsp3) is 0.333. The average molecular weight is 254 g/mol. The van der Waals surface area contributed by atoms with Gasteiger partial charge in [0.2, 0.25) is 0 Å². The minimum absolute atomic E-state index is 0.0720. The number of rotatable bonds is 4. The van der Waals surface area contributed by atoms with Crippen LogP contribution in [-0.2, 0) is 12.0 Å². The SMILES string of the molecule is C[C@@](Cc1ccccc1)(c1ccccc1)[N+](C)(C)C. The molecule has 1 atom stereocenters. The summed E-state index contributed by atoms with van der Waals surface area (Å²) >= 11 is 0. The Morgan fingerprint density at radius 3 is 1.74 bits per heavy atom. The Hall–Kier alpha value is -1.60. The van der Waals surface area contributed by atoms with Crippen LogP contribution in [-0.4, -0.2) is 25.6 Å². The molecule has 0 fully saturated rings. The number of hydrogen-bond acceptors (Lipinski definition) is 0. The fourth-order valence-corrected chi connectivity index (χ4v) is 2.52. The Morgan fingerprint density at radius 2 is 1.26 bits per heavy atom. The molecule has 19 heavy (non-hydrogen) atoms. The second-order valence-corrected chi connectivity index (χ2v) is 6.31. The molecule has 2 aromatic rings. The number of hydrogen-bond donors (Lipinski definition) is 0. The summed E-state index contributed by atoms with van der Waals surface area (Å²) in [6.07, 6.45) is 1.04. The summed E-state index contributed by atoms with van der Waals surface area (Å²) < 4.78 is 0.909. The first-order valence-corrected chi connectivity index (χ1v) is 6.84. The zero-order valence-corrected chi connectivity index (χ0v) is 12.4. The maximum atomic E-state index is 2.36. The van der Waals surface area contributed by atoms with Crippen LogP contribution in [0.25, 0.3) is 0 Å². The number of quaternary nitrogens is 1. The zero-order valence-electron chi connectivity index (χ0n) is 12.4. The van der Waals surface area contributed by atoms with Crippen molar-refractivity contribution in [3.05, 3.63) is 71.8 Å². The third-order valence-electron chi connectivity index (χ3n) is 4.27. The van der Waals surface area contributed by atoms with Gasteiger partial charge >= 0.3 is 0 Å². The first kappa shape index (κ1) is 13.8. The molecule has 0 N–H and O–H groups in total. The fourth-order valence-electron chi connectivity index (χ4n) is 2.52. The molecule has 0 aliphatic heterocycles. The lowest BCUT2D eigenvalue weighted by molar-refractivity contribution is -0.930. The Balaban J connectivity index is 2.42. The molecular weight excluding hydrogens is 230 g/mol. The van der Waals surface area contributed by atoms with Crippen LogP contribution in [0.1, 0.15) is 18.1 Å². The maximum Gasteiger partial charge on any atom is 0.125 e. The van der Waals surface area contributed by atoms with Crippen LogP contribution in [0, 0.1) is 0 Å². The van der Waals surface area contributed by atoms with Gasteiger partial charge < -0.3 is 4.48 Å². The molecule has 0 amide bonds. The van der Waals surface area contributed by atoms with Crippen molar-refractivity contribution >= 4 is 0 Å². The van der Waals surface area contributed by atoms with Gasteiger partial charge in [0.25, 0.3) is 0 Å². The van der Waals surface area contributed by atoms with E-state index in [0.29, 0.717) is 0 Å². The highest BCUT2D eigenvalue weighted by molar-refractivity contribution is 5.26. The Bertz CT molecular complexity index is 510. The van der Waals surface area contributed by atoms with Gasteiger partial charge in [-0.25, -0.2) is 0 Å². The van der Waals surface area contributed by atoms with Crippen molar-refractivity contribution in [2.24, 2.45) is 0 Å². The molecule has 0 saturated carbocycles. The van der Waals surface area contributed by atoms with Gasteiger partial charge in [-0.15, -0.1) is 0 Å². The van der Waals surface area contributed by atoms with Crippen LogP contribution in [0.15, 0.2) is 60.7 Å². The normalized spacial score (nSPS) is 14.9. The molecule has 0 heterocycles. The van der Waals surface area contributed by atoms with Gasteiger partial charge in [0.1, 0.15) is 5.54 Å². The molecule has 100 valence electrons. The molecule has 0 saturated heterocycles. The van der Waals surface area contributed by atoms with Crippen molar-refractivity contribution in [1.82, 2.24) is 0 Å². The van der Waals surface area contributed by atoms with Crippen molar-refractivity contribution < 1.29 is 4.48 Å². The molecule has 2 rings (SSSR count). The first-order valence-electron chi connectivity index (χ1n) is 6.84. The molecule has 0 aliphatic carbocycles. The molecule has 1 heteroatoms. The molecule has 0 spiro atoms. The van der Waals surface area contributed by atoms with E-state index in [1.807, 2.05) is 0 Å².